The zero-order valence-electron chi connectivity index (χ0n) is 21.1. The number of nitrogens with zero attached hydrogens (tertiary/aromatic N) is 2. The van der Waals surface area contributed by atoms with Crippen LogP contribution in [0.25, 0.3) is 27.8 Å². The summed E-state index contributed by atoms with van der Waals surface area (Å²) in [7, 11) is 0. The van der Waals surface area contributed by atoms with E-state index in [1.807, 2.05) is 62.5 Å². The van der Waals surface area contributed by atoms with E-state index in [1.54, 1.807) is 18.2 Å². The second-order valence-corrected chi connectivity index (χ2v) is 9.59. The zero-order chi connectivity index (χ0) is 26.4. The fourth-order valence-corrected chi connectivity index (χ4v) is 5.05. The van der Waals surface area contributed by atoms with Gasteiger partial charge in [-0.3, -0.25) is 14.9 Å². The van der Waals surface area contributed by atoms with Gasteiger partial charge in [0, 0.05) is 29.2 Å². The lowest BCUT2D eigenvalue weighted by molar-refractivity contribution is -0.122. The van der Waals surface area contributed by atoms with Crippen LogP contribution in [0.2, 0.25) is 0 Å². The molecule has 0 aliphatic carbocycles. The first kappa shape index (κ1) is 23.4. The van der Waals surface area contributed by atoms with E-state index in [1.165, 1.54) is 16.3 Å². The molecule has 6 rings (SSSR count). The smallest absolute Gasteiger partial charge is 0.335 e. The number of aryl methyl sites for hydroxylation is 2. The lowest BCUT2D eigenvalue weighted by atomic mass is 10.0. The molecule has 0 saturated carbocycles. The predicted molar refractivity (Wildman–Crippen MR) is 150 cm³/mol. The number of para-hydroxylation sites is 1. The number of rotatable bonds is 4. The number of fused-ring (bicyclic) bond motifs is 2. The van der Waals surface area contributed by atoms with Crippen LogP contribution in [-0.2, 0) is 16.1 Å². The van der Waals surface area contributed by atoms with Crippen LogP contribution < -0.4 is 10.2 Å². The maximum absolute atomic E-state index is 13.5. The first-order chi connectivity index (χ1) is 18.4. The summed E-state index contributed by atoms with van der Waals surface area (Å²) < 4.78 is 2.13. The summed E-state index contributed by atoms with van der Waals surface area (Å²) in [4.78, 5) is 40.0. The molecule has 0 radical (unpaired) electrons. The van der Waals surface area contributed by atoms with Gasteiger partial charge in [0.25, 0.3) is 11.8 Å². The number of benzene rings is 4. The van der Waals surface area contributed by atoms with Crippen LogP contribution in [0.5, 0.6) is 0 Å². The average Bonchev–Trinajstić information content (AvgIpc) is 3.26. The lowest BCUT2D eigenvalue weighted by Gasteiger charge is -2.26. The van der Waals surface area contributed by atoms with E-state index >= 15 is 0 Å². The molecule has 1 aromatic heterocycles. The molecule has 0 unspecified atom stereocenters. The third-order valence-electron chi connectivity index (χ3n) is 7.19. The first-order valence-corrected chi connectivity index (χ1v) is 12.4. The average molecular weight is 500 g/mol. The molecule has 38 heavy (non-hydrogen) atoms. The molecule has 1 N–H and O–H groups in total. The first-order valence-electron chi connectivity index (χ1n) is 12.4. The Morgan fingerprint density at radius 2 is 1.53 bits per heavy atom. The molecule has 6 nitrogen and oxygen atoms in total. The second kappa shape index (κ2) is 9.16. The minimum atomic E-state index is -0.751. The standard InChI is InChI=1S/C32H25N3O3/c1-20-14-15-25(16-21(20)2)35-31(37)28(30(36)33-32(35)38)17-24-19-34(29-13-6-5-12-27(24)29)18-23-10-7-9-22-8-3-4-11-26(22)23/h3-17,19H,18H2,1-2H3,(H,33,36,38)/b28-17+. The van der Waals surface area contributed by atoms with Gasteiger partial charge in [0.05, 0.1) is 5.69 Å². The molecule has 4 aromatic carbocycles. The molecule has 0 spiro atoms. The summed E-state index contributed by atoms with van der Waals surface area (Å²) in [5.74, 6) is -1.35. The van der Waals surface area contributed by atoms with E-state index < -0.39 is 17.8 Å². The number of aromatic nitrogens is 1. The molecular formula is C32H25N3O3. The van der Waals surface area contributed by atoms with E-state index in [-0.39, 0.29) is 5.57 Å². The maximum atomic E-state index is 13.5. The van der Waals surface area contributed by atoms with Crippen molar-refractivity contribution in [3.05, 3.63) is 119 Å². The van der Waals surface area contributed by atoms with E-state index in [9.17, 15) is 14.4 Å². The molecule has 2 heterocycles. The fourth-order valence-electron chi connectivity index (χ4n) is 5.05. The van der Waals surface area contributed by atoms with Gasteiger partial charge in [0.1, 0.15) is 5.57 Å². The topological polar surface area (TPSA) is 71.4 Å². The van der Waals surface area contributed by atoms with Gasteiger partial charge in [-0.05, 0) is 65.6 Å². The summed E-state index contributed by atoms with van der Waals surface area (Å²) >= 11 is 0. The van der Waals surface area contributed by atoms with Crippen LogP contribution >= 0.6 is 0 Å². The molecule has 1 aliphatic heterocycles. The van der Waals surface area contributed by atoms with Crippen molar-refractivity contribution in [2.45, 2.75) is 20.4 Å². The Kier molecular flexibility index (Phi) is 5.65. The number of barbiturate groups is 1. The molecule has 1 saturated heterocycles. The molecule has 0 atom stereocenters. The van der Waals surface area contributed by atoms with Crippen molar-refractivity contribution in [2.24, 2.45) is 0 Å². The number of anilines is 1. The van der Waals surface area contributed by atoms with E-state index in [0.29, 0.717) is 12.2 Å². The summed E-state index contributed by atoms with van der Waals surface area (Å²) in [5, 5.41) is 5.59. The highest BCUT2D eigenvalue weighted by Crippen LogP contribution is 2.29. The van der Waals surface area contributed by atoms with Gasteiger partial charge in [-0.2, -0.15) is 0 Å². The van der Waals surface area contributed by atoms with Gasteiger partial charge >= 0.3 is 6.03 Å². The molecule has 0 bridgehead atoms. The van der Waals surface area contributed by atoms with E-state index in [2.05, 4.69) is 40.2 Å². The van der Waals surface area contributed by atoms with Crippen molar-refractivity contribution in [1.82, 2.24) is 9.88 Å². The number of urea groups is 1. The van der Waals surface area contributed by atoms with Gasteiger partial charge in [-0.1, -0.05) is 66.7 Å². The van der Waals surface area contributed by atoms with Crippen molar-refractivity contribution in [3.8, 4) is 0 Å². The highest BCUT2D eigenvalue weighted by molar-refractivity contribution is 6.39. The van der Waals surface area contributed by atoms with Crippen LogP contribution in [0.3, 0.4) is 0 Å². The van der Waals surface area contributed by atoms with Crippen LogP contribution in [0, 0.1) is 13.8 Å². The number of hydrogen-bond donors (Lipinski definition) is 1. The number of imide groups is 2. The molecular weight excluding hydrogens is 474 g/mol. The molecule has 5 aromatic rings. The van der Waals surface area contributed by atoms with Crippen molar-refractivity contribution >= 4 is 51.3 Å². The monoisotopic (exact) mass is 499 g/mol. The van der Waals surface area contributed by atoms with Crippen molar-refractivity contribution < 1.29 is 14.4 Å². The van der Waals surface area contributed by atoms with Crippen molar-refractivity contribution in [1.29, 1.82) is 0 Å². The maximum Gasteiger partial charge on any atom is 0.335 e. The number of nitrogens with one attached hydrogen (secondary N) is 1. The number of amides is 4. The highest BCUT2D eigenvalue weighted by Gasteiger charge is 2.37. The quantitative estimate of drug-likeness (QED) is 0.239. The Balaban J connectivity index is 1.43. The largest absolute Gasteiger partial charge is 0.342 e. The van der Waals surface area contributed by atoms with Gasteiger partial charge in [0.2, 0.25) is 0 Å². The molecule has 1 aliphatic rings. The number of hydrogen-bond acceptors (Lipinski definition) is 3. The summed E-state index contributed by atoms with van der Waals surface area (Å²) in [6.07, 6.45) is 3.54. The van der Waals surface area contributed by atoms with Gasteiger partial charge < -0.3 is 4.57 Å². The summed E-state index contributed by atoms with van der Waals surface area (Å²) in [5.41, 5.74) is 5.21. The number of carbonyl (C=O) groups is 3. The lowest BCUT2D eigenvalue weighted by Crippen LogP contribution is -2.54. The molecule has 6 heteroatoms. The highest BCUT2D eigenvalue weighted by atomic mass is 16.2. The Labute approximate surface area is 219 Å². The third kappa shape index (κ3) is 3.96. The van der Waals surface area contributed by atoms with E-state index in [4.69, 9.17) is 0 Å². The normalized spacial score (nSPS) is 15.1. The van der Waals surface area contributed by atoms with Crippen molar-refractivity contribution in [3.63, 3.8) is 0 Å². The second-order valence-electron chi connectivity index (χ2n) is 9.59. The fraction of sp³-hybridized carbons (Fsp3) is 0.0938. The third-order valence-corrected chi connectivity index (χ3v) is 7.19. The van der Waals surface area contributed by atoms with Crippen LogP contribution in [-0.4, -0.2) is 22.4 Å². The van der Waals surface area contributed by atoms with Crippen LogP contribution in [0.15, 0.2) is 96.7 Å². The Hall–Kier alpha value is -4.97. The molecule has 4 amide bonds. The van der Waals surface area contributed by atoms with Crippen LogP contribution in [0.1, 0.15) is 22.3 Å². The summed E-state index contributed by atoms with van der Waals surface area (Å²) in [6.45, 7) is 4.50. The molecule has 1 fully saturated rings. The Morgan fingerprint density at radius 3 is 2.34 bits per heavy atom. The molecule has 186 valence electrons. The van der Waals surface area contributed by atoms with Crippen molar-refractivity contribution in [2.75, 3.05) is 4.90 Å². The number of carbonyl (C=O) groups excluding carboxylic acids is 3. The Morgan fingerprint density at radius 1 is 0.789 bits per heavy atom. The van der Waals surface area contributed by atoms with Gasteiger partial charge in [0.15, 0.2) is 0 Å². The Bertz CT molecular complexity index is 1810. The van der Waals surface area contributed by atoms with Crippen LogP contribution in [0.4, 0.5) is 10.5 Å². The SMILES string of the molecule is Cc1ccc(N2C(=O)NC(=O)/C(=C\c3cn(Cc4cccc5ccccc45)c4ccccc34)C2=O)cc1C. The van der Waals surface area contributed by atoms with E-state index in [0.717, 1.165) is 32.5 Å². The zero-order valence-corrected chi connectivity index (χ0v) is 21.1. The van der Waals surface area contributed by atoms with Gasteiger partial charge in [-0.25, -0.2) is 9.69 Å². The minimum Gasteiger partial charge on any atom is -0.342 e. The predicted octanol–water partition coefficient (Wildman–Crippen LogP) is 6.13. The summed E-state index contributed by atoms with van der Waals surface area (Å²) in [6, 6.07) is 27.0. The minimum absolute atomic E-state index is 0.0871. The van der Waals surface area contributed by atoms with Gasteiger partial charge in [-0.15, -0.1) is 0 Å².